The molecule has 0 radical (unpaired) electrons. The Labute approximate surface area is 105 Å². The van der Waals surface area contributed by atoms with Crippen LogP contribution in [0.4, 0.5) is 0 Å². The van der Waals surface area contributed by atoms with E-state index < -0.39 is 6.37 Å². The van der Waals surface area contributed by atoms with E-state index in [0.29, 0.717) is 16.7 Å². The molecule has 0 aromatic rings. The van der Waals surface area contributed by atoms with Gasteiger partial charge in [0.25, 0.3) is 0 Å². The third-order valence-electron chi connectivity index (χ3n) is 5.85. The molecule has 2 fully saturated rings. The minimum absolute atomic E-state index is 0.255. The summed E-state index contributed by atoms with van der Waals surface area (Å²) in [7, 11) is 0. The lowest BCUT2D eigenvalue weighted by molar-refractivity contribution is 0.0903. The van der Waals surface area contributed by atoms with Gasteiger partial charge in [-0.25, -0.2) is 0 Å². The van der Waals surface area contributed by atoms with Crippen molar-refractivity contribution in [3.8, 4) is 0 Å². The monoisotopic (exact) mass is 224 g/mol. The van der Waals surface area contributed by atoms with Crippen molar-refractivity contribution in [2.75, 3.05) is 0 Å². The zero-order valence-electron chi connectivity index (χ0n) is 14.0. The fourth-order valence-electron chi connectivity index (χ4n) is 4.11. The van der Waals surface area contributed by atoms with E-state index in [9.17, 15) is 0 Å². The van der Waals surface area contributed by atoms with Crippen LogP contribution in [0.3, 0.4) is 0 Å². The molecular weight excluding hydrogens is 192 g/mol. The third-order valence-corrected chi connectivity index (χ3v) is 5.85. The normalized spacial score (nSPS) is 44.4. The van der Waals surface area contributed by atoms with E-state index in [1.54, 1.807) is 0 Å². The Bertz CT molecular complexity index is 337. The molecule has 0 amide bonds. The molecule has 2 saturated carbocycles. The Morgan fingerprint density at radius 3 is 2.25 bits per heavy atom. The summed E-state index contributed by atoms with van der Waals surface area (Å²) in [6.07, 6.45) is 3.60. The highest BCUT2D eigenvalue weighted by molar-refractivity contribution is 5.09. The zero-order chi connectivity index (χ0) is 14.0. The van der Waals surface area contributed by atoms with Gasteiger partial charge in [-0.05, 0) is 60.1 Å². The molecule has 2 aliphatic carbocycles. The maximum atomic E-state index is 8.41. The maximum Gasteiger partial charge on any atom is 0.0272 e. The van der Waals surface area contributed by atoms with Gasteiger partial charge in [0.2, 0.25) is 0 Å². The summed E-state index contributed by atoms with van der Waals surface area (Å²) in [5, 5.41) is 0. The van der Waals surface area contributed by atoms with E-state index in [0.717, 1.165) is 12.3 Å². The minimum Gasteiger partial charge on any atom is -0.0602 e. The predicted octanol–water partition coefficient (Wildman–Crippen LogP) is 5.28. The molecule has 16 heavy (non-hydrogen) atoms. The highest BCUT2D eigenvalue weighted by Gasteiger charge is 2.60. The number of rotatable bonds is 2. The van der Waals surface area contributed by atoms with E-state index in [1.807, 2.05) is 20.8 Å². The van der Waals surface area contributed by atoms with Gasteiger partial charge in [-0.3, -0.25) is 0 Å². The van der Waals surface area contributed by atoms with Crippen molar-refractivity contribution < 1.29 is 2.74 Å². The lowest BCUT2D eigenvalue weighted by Gasteiger charge is -2.40. The van der Waals surface area contributed by atoms with Crippen LogP contribution < -0.4 is 0 Å². The standard InChI is InChI=1S/C16H30/c1-14(2,3)9-7-13-11-12-8-10-16(13,6)15(12,4)5/h12-13H,7-11H2,1-6H3/i9D2. The SMILES string of the molecule is [2H]C([2H])(CC1CC2CCC1(C)C2(C)C)C(C)(C)C. The van der Waals surface area contributed by atoms with Crippen molar-refractivity contribution in [2.24, 2.45) is 28.1 Å². The first-order valence-corrected chi connectivity index (χ1v) is 6.92. The second kappa shape index (κ2) is 3.50. The van der Waals surface area contributed by atoms with Crippen molar-refractivity contribution in [1.29, 1.82) is 0 Å². The Hall–Kier alpha value is 0. The van der Waals surface area contributed by atoms with Crippen molar-refractivity contribution >= 4 is 0 Å². The quantitative estimate of drug-likeness (QED) is 0.599. The van der Waals surface area contributed by atoms with Gasteiger partial charge in [0, 0.05) is 2.74 Å². The Morgan fingerprint density at radius 2 is 1.88 bits per heavy atom. The van der Waals surface area contributed by atoms with Gasteiger partial charge in [-0.2, -0.15) is 0 Å². The number of hydrogen-bond acceptors (Lipinski definition) is 0. The second-order valence-electron chi connectivity index (χ2n) is 7.94. The lowest BCUT2D eigenvalue weighted by Crippen LogP contribution is -2.32. The van der Waals surface area contributed by atoms with Gasteiger partial charge in [0.05, 0.1) is 0 Å². The van der Waals surface area contributed by atoms with Crippen LogP contribution >= 0.6 is 0 Å². The molecule has 0 spiro atoms. The third kappa shape index (κ3) is 1.73. The molecule has 0 aliphatic heterocycles. The first kappa shape index (κ1) is 9.97. The Kier molecular flexibility index (Phi) is 2.18. The van der Waals surface area contributed by atoms with Gasteiger partial charge in [-0.1, -0.05) is 41.5 Å². The van der Waals surface area contributed by atoms with Gasteiger partial charge in [0.1, 0.15) is 0 Å². The van der Waals surface area contributed by atoms with Crippen molar-refractivity contribution in [1.82, 2.24) is 0 Å². The minimum atomic E-state index is -1.05. The molecular formula is C16H30. The van der Waals surface area contributed by atoms with E-state index in [2.05, 4.69) is 20.8 Å². The molecule has 3 atom stereocenters. The molecule has 2 aliphatic rings. The summed E-state index contributed by atoms with van der Waals surface area (Å²) in [4.78, 5) is 0. The van der Waals surface area contributed by atoms with Gasteiger partial charge < -0.3 is 0 Å². The summed E-state index contributed by atoms with van der Waals surface area (Å²) in [6, 6.07) is 0. The first-order chi connectivity index (χ1) is 7.92. The number of hydrogen-bond donors (Lipinski definition) is 0. The molecule has 0 saturated heterocycles. The van der Waals surface area contributed by atoms with Crippen molar-refractivity contribution in [3.63, 3.8) is 0 Å². The molecule has 0 heteroatoms. The van der Waals surface area contributed by atoms with Crippen LogP contribution in [-0.2, 0) is 0 Å². The Balaban J connectivity index is 2.19. The smallest absolute Gasteiger partial charge is 0.0272 e. The van der Waals surface area contributed by atoms with Crippen molar-refractivity contribution in [2.45, 2.75) is 73.6 Å². The van der Waals surface area contributed by atoms with Crippen LogP contribution in [0.1, 0.15) is 76.3 Å². The molecule has 0 N–H and O–H groups in total. The molecule has 0 aromatic carbocycles. The number of fused-ring (bicyclic) bond motifs is 2. The predicted molar refractivity (Wildman–Crippen MR) is 71.4 cm³/mol. The van der Waals surface area contributed by atoms with Gasteiger partial charge >= 0.3 is 0 Å². The van der Waals surface area contributed by atoms with Gasteiger partial charge in [-0.15, -0.1) is 0 Å². The molecule has 3 unspecified atom stereocenters. The lowest BCUT2D eigenvalue weighted by atomic mass is 9.65. The molecule has 2 bridgehead atoms. The average Bonchev–Trinajstić information content (AvgIpc) is 2.48. The Morgan fingerprint density at radius 1 is 1.25 bits per heavy atom. The van der Waals surface area contributed by atoms with E-state index in [1.165, 1.54) is 19.3 Å². The zero-order valence-corrected chi connectivity index (χ0v) is 12.0. The average molecular weight is 224 g/mol. The summed E-state index contributed by atoms with van der Waals surface area (Å²) in [5.74, 6) is 1.39. The van der Waals surface area contributed by atoms with Crippen LogP contribution in [0.25, 0.3) is 0 Å². The molecule has 0 aromatic heterocycles. The summed E-state index contributed by atoms with van der Waals surface area (Å²) in [5.41, 5.74) is 0.511. The maximum absolute atomic E-state index is 8.41. The highest BCUT2D eigenvalue weighted by atomic mass is 14.6. The highest BCUT2D eigenvalue weighted by Crippen LogP contribution is 2.69. The second-order valence-corrected chi connectivity index (χ2v) is 7.94. The van der Waals surface area contributed by atoms with Crippen LogP contribution in [0, 0.1) is 28.1 Å². The van der Waals surface area contributed by atoms with E-state index in [4.69, 9.17) is 2.74 Å². The summed E-state index contributed by atoms with van der Waals surface area (Å²) >= 11 is 0. The van der Waals surface area contributed by atoms with E-state index in [-0.39, 0.29) is 5.41 Å². The fourth-order valence-corrected chi connectivity index (χ4v) is 4.11. The van der Waals surface area contributed by atoms with Crippen LogP contribution in [-0.4, -0.2) is 0 Å². The molecule has 0 heterocycles. The fraction of sp³-hybridized carbons (Fsp3) is 1.00. The molecule has 2 rings (SSSR count). The molecule has 0 nitrogen and oxygen atoms in total. The van der Waals surface area contributed by atoms with E-state index >= 15 is 0 Å². The van der Waals surface area contributed by atoms with Crippen LogP contribution in [0.5, 0.6) is 0 Å². The van der Waals surface area contributed by atoms with Crippen molar-refractivity contribution in [3.05, 3.63) is 0 Å². The summed E-state index contributed by atoms with van der Waals surface area (Å²) < 4.78 is 16.8. The molecule has 94 valence electrons. The largest absolute Gasteiger partial charge is 0.0602 e. The first-order valence-electron chi connectivity index (χ1n) is 7.92. The topological polar surface area (TPSA) is 0 Å². The summed E-state index contributed by atoms with van der Waals surface area (Å²) in [6.45, 7) is 13.4. The van der Waals surface area contributed by atoms with Gasteiger partial charge in [0.15, 0.2) is 0 Å². The van der Waals surface area contributed by atoms with Crippen LogP contribution in [0.15, 0.2) is 0 Å². The van der Waals surface area contributed by atoms with Crippen LogP contribution in [0.2, 0.25) is 0 Å².